The molecule has 0 saturated carbocycles. The quantitative estimate of drug-likeness (QED) is 0.467. The highest BCUT2D eigenvalue weighted by atomic mass is 16.5. The molecule has 8 heteroatoms. The third kappa shape index (κ3) is 5.46. The van der Waals surface area contributed by atoms with Crippen LogP contribution in [0.15, 0.2) is 29.8 Å². The van der Waals surface area contributed by atoms with Crippen LogP contribution < -0.4 is 16.0 Å². The monoisotopic (exact) mass is 330 g/mol. The highest BCUT2D eigenvalue weighted by Gasteiger charge is 2.21. The number of ether oxygens (including phenoxy) is 1. The number of hydrogen-bond acceptors (Lipinski definition) is 6. The zero-order valence-electron chi connectivity index (χ0n) is 13.6. The average molecular weight is 330 g/mol. The minimum atomic E-state index is -1.27. The van der Waals surface area contributed by atoms with Gasteiger partial charge in [0, 0.05) is 19.8 Å². The molecule has 126 valence electrons. The molecule has 0 saturated heterocycles. The molecule has 1 atom stereocenters. The van der Waals surface area contributed by atoms with E-state index in [1.54, 1.807) is 23.5 Å². The molecule has 3 N–H and O–H groups in total. The largest absolute Gasteiger partial charge is 0.448 e. The van der Waals surface area contributed by atoms with Crippen LogP contribution in [0.5, 0.6) is 0 Å². The van der Waals surface area contributed by atoms with Gasteiger partial charge in [-0.25, -0.2) is 9.59 Å². The molecule has 8 nitrogen and oxygen atoms in total. The van der Waals surface area contributed by atoms with Crippen LogP contribution in [0.4, 0.5) is 10.5 Å². The number of primary amides is 1. The van der Waals surface area contributed by atoms with Crippen LogP contribution in [0.25, 0.3) is 6.08 Å². The van der Waals surface area contributed by atoms with Crippen molar-refractivity contribution in [1.82, 2.24) is 5.32 Å². The molecule has 3 amide bonds. The number of carbonyl (C=O) groups excluding carboxylic acids is 3. The summed E-state index contributed by atoms with van der Waals surface area (Å²) in [7, 11) is 3.78. The lowest BCUT2D eigenvalue weighted by Crippen LogP contribution is -2.42. The maximum absolute atomic E-state index is 11.9. The van der Waals surface area contributed by atoms with Gasteiger partial charge in [0.05, 0.1) is 0 Å². The first-order chi connectivity index (χ1) is 11.2. The molecule has 0 radical (unpaired) electrons. The molecule has 0 heterocycles. The Balaban J connectivity index is 2.84. The summed E-state index contributed by atoms with van der Waals surface area (Å²) >= 11 is 0. The molecule has 1 aromatic carbocycles. The molecule has 1 aromatic rings. The van der Waals surface area contributed by atoms with E-state index in [1.165, 1.54) is 13.0 Å². The number of anilines is 1. The van der Waals surface area contributed by atoms with Gasteiger partial charge in [-0.2, -0.15) is 5.26 Å². The molecule has 0 fully saturated rings. The summed E-state index contributed by atoms with van der Waals surface area (Å²) in [6, 6.07) is 7.81. The second-order valence-electron chi connectivity index (χ2n) is 5.06. The number of benzene rings is 1. The number of amides is 3. The second kappa shape index (κ2) is 8.33. The van der Waals surface area contributed by atoms with E-state index >= 15 is 0 Å². The summed E-state index contributed by atoms with van der Waals surface area (Å²) in [6.07, 6.45) is 0.0818. The van der Waals surface area contributed by atoms with E-state index in [0.717, 1.165) is 5.69 Å². The fraction of sp³-hybridized carbons (Fsp3) is 0.250. The van der Waals surface area contributed by atoms with Crippen LogP contribution >= 0.6 is 0 Å². The fourth-order valence-electron chi connectivity index (χ4n) is 1.67. The van der Waals surface area contributed by atoms with Crippen molar-refractivity contribution in [3.8, 4) is 6.07 Å². The van der Waals surface area contributed by atoms with E-state index in [4.69, 9.17) is 15.7 Å². The Hall–Kier alpha value is -3.34. The first-order valence-corrected chi connectivity index (χ1v) is 6.95. The van der Waals surface area contributed by atoms with Crippen molar-refractivity contribution in [2.75, 3.05) is 19.0 Å². The molecular formula is C16H18N4O4. The van der Waals surface area contributed by atoms with Crippen molar-refractivity contribution in [2.24, 2.45) is 5.73 Å². The standard InChI is InChI=1S/C16H18N4O4/c1-10(14(21)19-16(18)23)24-15(22)12(9-17)8-11-4-6-13(7-5-11)20(2)3/h4-8,10H,1-3H3,(H3,18,19,21,23). The molecule has 24 heavy (non-hydrogen) atoms. The Bertz CT molecular complexity index is 702. The normalized spacial score (nSPS) is 11.8. The lowest BCUT2D eigenvalue weighted by atomic mass is 10.1. The van der Waals surface area contributed by atoms with Crippen LogP contribution in [0, 0.1) is 11.3 Å². The second-order valence-corrected chi connectivity index (χ2v) is 5.06. The minimum Gasteiger partial charge on any atom is -0.448 e. The molecule has 0 aromatic heterocycles. The van der Waals surface area contributed by atoms with E-state index in [-0.39, 0.29) is 5.57 Å². The van der Waals surface area contributed by atoms with Crippen LogP contribution in [0.1, 0.15) is 12.5 Å². The topological polar surface area (TPSA) is 126 Å². The van der Waals surface area contributed by atoms with E-state index in [2.05, 4.69) is 0 Å². The van der Waals surface area contributed by atoms with E-state index in [1.807, 2.05) is 31.1 Å². The third-order valence-electron chi connectivity index (χ3n) is 2.96. The number of carbonyl (C=O) groups is 3. The lowest BCUT2D eigenvalue weighted by Gasteiger charge is -2.12. The first-order valence-electron chi connectivity index (χ1n) is 6.95. The van der Waals surface area contributed by atoms with E-state index in [9.17, 15) is 14.4 Å². The molecule has 0 bridgehead atoms. The SMILES string of the molecule is CC(OC(=O)C(C#N)=Cc1ccc(N(C)C)cc1)C(=O)NC(N)=O. The maximum atomic E-state index is 11.9. The number of nitrogens with zero attached hydrogens (tertiary/aromatic N) is 2. The van der Waals surface area contributed by atoms with Gasteiger partial charge in [-0.1, -0.05) is 12.1 Å². The molecule has 0 aliphatic carbocycles. The van der Waals surface area contributed by atoms with Gasteiger partial charge in [-0.05, 0) is 30.7 Å². The van der Waals surface area contributed by atoms with Crippen LogP contribution in [0.3, 0.4) is 0 Å². The predicted octanol–water partition coefficient (Wildman–Crippen LogP) is 0.786. The van der Waals surface area contributed by atoms with Crippen LogP contribution in [-0.2, 0) is 14.3 Å². The Morgan fingerprint density at radius 2 is 1.88 bits per heavy atom. The number of urea groups is 1. The summed E-state index contributed by atoms with van der Waals surface area (Å²) in [5.74, 6) is -1.84. The highest BCUT2D eigenvalue weighted by molar-refractivity contribution is 6.01. The van der Waals surface area contributed by atoms with Crippen LogP contribution in [-0.4, -0.2) is 38.1 Å². The smallest absolute Gasteiger partial charge is 0.349 e. The number of rotatable bonds is 5. The van der Waals surface area contributed by atoms with Crippen molar-refractivity contribution in [1.29, 1.82) is 5.26 Å². The predicted molar refractivity (Wildman–Crippen MR) is 87.6 cm³/mol. The number of esters is 1. The molecular weight excluding hydrogens is 312 g/mol. The van der Waals surface area contributed by atoms with Gasteiger partial charge in [0.2, 0.25) is 0 Å². The summed E-state index contributed by atoms with van der Waals surface area (Å²) in [4.78, 5) is 35.9. The van der Waals surface area contributed by atoms with Gasteiger partial charge in [-0.15, -0.1) is 0 Å². The Labute approximate surface area is 139 Å². The van der Waals surface area contributed by atoms with Gasteiger partial charge >= 0.3 is 12.0 Å². The van der Waals surface area contributed by atoms with Gasteiger partial charge < -0.3 is 15.4 Å². The zero-order chi connectivity index (χ0) is 18.3. The van der Waals surface area contributed by atoms with Crippen molar-refractivity contribution in [2.45, 2.75) is 13.0 Å². The lowest BCUT2D eigenvalue weighted by molar-refractivity contribution is -0.150. The van der Waals surface area contributed by atoms with E-state index in [0.29, 0.717) is 5.56 Å². The van der Waals surface area contributed by atoms with Gasteiger partial charge in [0.15, 0.2) is 6.10 Å². The number of nitrogens with two attached hydrogens (primary N) is 1. The molecule has 1 rings (SSSR count). The minimum absolute atomic E-state index is 0.272. The number of nitriles is 1. The summed E-state index contributed by atoms with van der Waals surface area (Å²) in [5, 5.41) is 10.9. The van der Waals surface area contributed by atoms with Gasteiger partial charge in [0.25, 0.3) is 5.91 Å². The maximum Gasteiger partial charge on any atom is 0.349 e. The Kier molecular flexibility index (Phi) is 6.50. The number of hydrogen-bond donors (Lipinski definition) is 2. The Morgan fingerprint density at radius 3 is 2.33 bits per heavy atom. The molecule has 1 unspecified atom stereocenters. The molecule has 0 aliphatic rings. The summed E-state index contributed by atoms with van der Waals surface area (Å²) < 4.78 is 4.84. The third-order valence-corrected chi connectivity index (χ3v) is 2.96. The first kappa shape index (κ1) is 18.7. The van der Waals surface area contributed by atoms with Crippen molar-refractivity contribution < 1.29 is 19.1 Å². The van der Waals surface area contributed by atoms with Crippen LogP contribution in [0.2, 0.25) is 0 Å². The zero-order valence-corrected chi connectivity index (χ0v) is 13.6. The number of imide groups is 1. The van der Waals surface area contributed by atoms with Gasteiger partial charge in [0.1, 0.15) is 11.6 Å². The fourth-order valence-corrected chi connectivity index (χ4v) is 1.67. The molecule has 0 aliphatic heterocycles. The Morgan fingerprint density at radius 1 is 1.29 bits per heavy atom. The van der Waals surface area contributed by atoms with E-state index < -0.39 is 24.0 Å². The van der Waals surface area contributed by atoms with Crippen molar-refractivity contribution >= 4 is 29.7 Å². The highest BCUT2D eigenvalue weighted by Crippen LogP contribution is 2.15. The average Bonchev–Trinajstić information content (AvgIpc) is 2.52. The summed E-state index contributed by atoms with van der Waals surface area (Å²) in [5.41, 5.74) is 6.12. The van der Waals surface area contributed by atoms with Gasteiger partial charge in [-0.3, -0.25) is 10.1 Å². The molecule has 0 spiro atoms. The van der Waals surface area contributed by atoms with Crippen molar-refractivity contribution in [3.05, 3.63) is 35.4 Å². The number of nitrogens with one attached hydrogen (secondary N) is 1. The summed E-state index contributed by atoms with van der Waals surface area (Å²) in [6.45, 7) is 1.26. The van der Waals surface area contributed by atoms with Crippen molar-refractivity contribution in [3.63, 3.8) is 0 Å².